The summed E-state index contributed by atoms with van der Waals surface area (Å²) < 4.78 is 12.8. The van der Waals surface area contributed by atoms with Crippen LogP contribution in [0, 0.1) is 5.82 Å². The Balaban J connectivity index is 2.21. The van der Waals surface area contributed by atoms with E-state index in [0.717, 1.165) is 19.4 Å². The maximum absolute atomic E-state index is 12.8. The lowest BCUT2D eigenvalue weighted by atomic mass is 10.3. The summed E-state index contributed by atoms with van der Waals surface area (Å²) >= 11 is 0. The van der Waals surface area contributed by atoms with Gasteiger partial charge in [-0.1, -0.05) is 19.4 Å². The van der Waals surface area contributed by atoms with E-state index >= 15 is 0 Å². The second-order valence-electron chi connectivity index (χ2n) is 3.91. The zero-order chi connectivity index (χ0) is 12.5. The highest BCUT2D eigenvalue weighted by atomic mass is 19.1. The second-order valence-corrected chi connectivity index (χ2v) is 3.91. The monoisotopic (exact) mass is 238 g/mol. The number of anilines is 1. The largest absolute Gasteiger partial charge is 0.326 e. The second kappa shape index (κ2) is 7.79. The van der Waals surface area contributed by atoms with Crippen LogP contribution in [-0.2, 0) is 4.79 Å². The molecule has 0 atom stereocenters. The number of carbonyl (C=O) groups is 1. The molecule has 0 aromatic heterocycles. The Bertz CT molecular complexity index is 355. The van der Waals surface area contributed by atoms with Crippen LogP contribution in [0.15, 0.2) is 24.3 Å². The van der Waals surface area contributed by atoms with Gasteiger partial charge < -0.3 is 10.6 Å². The van der Waals surface area contributed by atoms with Gasteiger partial charge in [0.2, 0.25) is 5.91 Å². The van der Waals surface area contributed by atoms with E-state index in [-0.39, 0.29) is 11.7 Å². The molecule has 1 aromatic carbocycles. The van der Waals surface area contributed by atoms with E-state index in [1.807, 2.05) is 0 Å². The highest BCUT2D eigenvalue weighted by molar-refractivity contribution is 5.90. The average Bonchev–Trinajstić information content (AvgIpc) is 2.29. The van der Waals surface area contributed by atoms with Gasteiger partial charge >= 0.3 is 0 Å². The fourth-order valence-corrected chi connectivity index (χ4v) is 1.42. The third-order valence-corrected chi connectivity index (χ3v) is 2.34. The maximum Gasteiger partial charge on any atom is 0.225 e. The van der Waals surface area contributed by atoms with Crippen LogP contribution < -0.4 is 10.6 Å². The van der Waals surface area contributed by atoms with E-state index in [2.05, 4.69) is 17.6 Å². The fraction of sp³-hybridized carbons (Fsp3) is 0.462. The van der Waals surface area contributed by atoms with Crippen LogP contribution in [0.5, 0.6) is 0 Å². The van der Waals surface area contributed by atoms with Gasteiger partial charge in [0, 0.05) is 18.7 Å². The van der Waals surface area contributed by atoms with Crippen molar-refractivity contribution < 1.29 is 9.18 Å². The Morgan fingerprint density at radius 2 is 2.18 bits per heavy atom. The van der Waals surface area contributed by atoms with Crippen molar-refractivity contribution in [2.75, 3.05) is 18.4 Å². The topological polar surface area (TPSA) is 41.1 Å². The van der Waals surface area contributed by atoms with Crippen LogP contribution in [0.4, 0.5) is 10.1 Å². The minimum Gasteiger partial charge on any atom is -0.326 e. The van der Waals surface area contributed by atoms with E-state index in [9.17, 15) is 9.18 Å². The molecule has 0 fully saturated rings. The Hall–Kier alpha value is -1.42. The lowest BCUT2D eigenvalue weighted by molar-refractivity contribution is -0.116. The number of rotatable bonds is 7. The van der Waals surface area contributed by atoms with E-state index < -0.39 is 0 Å². The van der Waals surface area contributed by atoms with Crippen molar-refractivity contribution in [2.45, 2.75) is 26.2 Å². The third kappa shape index (κ3) is 6.02. The van der Waals surface area contributed by atoms with Crippen LogP contribution >= 0.6 is 0 Å². The van der Waals surface area contributed by atoms with Crippen LogP contribution in [0.3, 0.4) is 0 Å². The van der Waals surface area contributed by atoms with E-state index in [0.29, 0.717) is 18.7 Å². The molecule has 0 aliphatic rings. The highest BCUT2D eigenvalue weighted by Crippen LogP contribution is 2.08. The zero-order valence-corrected chi connectivity index (χ0v) is 10.1. The van der Waals surface area contributed by atoms with Crippen molar-refractivity contribution in [3.63, 3.8) is 0 Å². The fourth-order valence-electron chi connectivity index (χ4n) is 1.42. The van der Waals surface area contributed by atoms with Crippen molar-refractivity contribution in [1.29, 1.82) is 0 Å². The van der Waals surface area contributed by atoms with E-state index in [1.54, 1.807) is 12.1 Å². The lowest BCUT2D eigenvalue weighted by Crippen LogP contribution is -2.22. The number of carbonyl (C=O) groups excluding carboxylic acids is 1. The van der Waals surface area contributed by atoms with Crippen molar-refractivity contribution >= 4 is 11.6 Å². The zero-order valence-electron chi connectivity index (χ0n) is 10.1. The van der Waals surface area contributed by atoms with Gasteiger partial charge in [-0.3, -0.25) is 4.79 Å². The smallest absolute Gasteiger partial charge is 0.225 e. The molecule has 0 aliphatic carbocycles. The van der Waals surface area contributed by atoms with Crippen molar-refractivity contribution in [3.8, 4) is 0 Å². The molecule has 1 amide bonds. The van der Waals surface area contributed by atoms with Crippen LogP contribution in [-0.4, -0.2) is 19.0 Å². The number of benzene rings is 1. The lowest BCUT2D eigenvalue weighted by Gasteiger charge is -2.06. The Kier molecular flexibility index (Phi) is 6.25. The standard InChI is InChI=1S/C13H19FN2O/c1-2-3-8-15-9-7-13(17)16-12-6-4-5-11(14)10-12/h4-6,10,15H,2-3,7-9H2,1H3,(H,16,17). The van der Waals surface area contributed by atoms with Gasteiger partial charge in [0.1, 0.15) is 5.82 Å². The molecule has 94 valence electrons. The minimum atomic E-state index is -0.344. The molecule has 0 bridgehead atoms. The van der Waals surface area contributed by atoms with Gasteiger partial charge in [-0.15, -0.1) is 0 Å². The molecular weight excluding hydrogens is 219 g/mol. The maximum atomic E-state index is 12.8. The first-order chi connectivity index (χ1) is 8.22. The van der Waals surface area contributed by atoms with Crippen LogP contribution in [0.2, 0.25) is 0 Å². The first-order valence-corrected chi connectivity index (χ1v) is 5.98. The van der Waals surface area contributed by atoms with Crippen molar-refractivity contribution in [3.05, 3.63) is 30.1 Å². The predicted octanol–water partition coefficient (Wildman–Crippen LogP) is 2.54. The van der Waals surface area contributed by atoms with Gasteiger partial charge in [-0.05, 0) is 31.2 Å². The molecular formula is C13H19FN2O. The van der Waals surface area contributed by atoms with Gasteiger partial charge in [0.25, 0.3) is 0 Å². The summed E-state index contributed by atoms with van der Waals surface area (Å²) in [7, 11) is 0. The third-order valence-electron chi connectivity index (χ3n) is 2.34. The van der Waals surface area contributed by atoms with Gasteiger partial charge in [0.05, 0.1) is 0 Å². The molecule has 0 saturated carbocycles. The number of nitrogens with one attached hydrogen (secondary N) is 2. The summed E-state index contributed by atoms with van der Waals surface area (Å²) in [5, 5.41) is 5.83. The highest BCUT2D eigenvalue weighted by Gasteiger charge is 2.02. The van der Waals surface area contributed by atoms with Gasteiger partial charge in [-0.25, -0.2) is 4.39 Å². The van der Waals surface area contributed by atoms with Gasteiger partial charge in [0.15, 0.2) is 0 Å². The molecule has 0 spiro atoms. The summed E-state index contributed by atoms with van der Waals surface area (Å²) in [4.78, 5) is 11.5. The van der Waals surface area contributed by atoms with Crippen molar-refractivity contribution in [2.24, 2.45) is 0 Å². The summed E-state index contributed by atoms with van der Waals surface area (Å²) in [6, 6.07) is 5.90. The quantitative estimate of drug-likeness (QED) is 0.717. The van der Waals surface area contributed by atoms with Crippen molar-refractivity contribution in [1.82, 2.24) is 5.32 Å². The summed E-state index contributed by atoms with van der Waals surface area (Å²) in [5.41, 5.74) is 0.503. The summed E-state index contributed by atoms with van der Waals surface area (Å²) in [6.45, 7) is 3.71. The normalized spacial score (nSPS) is 10.2. The average molecular weight is 238 g/mol. The van der Waals surface area contributed by atoms with Crippen LogP contribution in [0.25, 0.3) is 0 Å². The molecule has 0 radical (unpaired) electrons. The number of unbranched alkanes of at least 4 members (excludes halogenated alkanes) is 1. The SMILES string of the molecule is CCCCNCCC(=O)Nc1cccc(F)c1. The molecule has 0 saturated heterocycles. The Morgan fingerprint density at radius 1 is 1.35 bits per heavy atom. The molecule has 0 heterocycles. The molecule has 4 heteroatoms. The van der Waals surface area contributed by atoms with E-state index in [1.165, 1.54) is 12.1 Å². The van der Waals surface area contributed by atoms with Gasteiger partial charge in [-0.2, -0.15) is 0 Å². The molecule has 0 unspecified atom stereocenters. The Morgan fingerprint density at radius 3 is 2.88 bits per heavy atom. The number of amides is 1. The number of hydrogen-bond donors (Lipinski definition) is 2. The first-order valence-electron chi connectivity index (χ1n) is 5.98. The first kappa shape index (κ1) is 13.6. The molecule has 0 aliphatic heterocycles. The van der Waals surface area contributed by atoms with E-state index in [4.69, 9.17) is 0 Å². The molecule has 1 aromatic rings. The molecule has 3 nitrogen and oxygen atoms in total. The Labute approximate surface area is 101 Å². The summed E-state index contributed by atoms with van der Waals surface area (Å²) in [6.07, 6.45) is 2.66. The number of halogens is 1. The molecule has 17 heavy (non-hydrogen) atoms. The minimum absolute atomic E-state index is 0.0976. The molecule has 2 N–H and O–H groups in total. The summed E-state index contributed by atoms with van der Waals surface area (Å²) in [5.74, 6) is -0.441. The number of hydrogen-bond acceptors (Lipinski definition) is 2. The molecule has 1 rings (SSSR count). The predicted molar refractivity (Wildman–Crippen MR) is 67.4 cm³/mol. The van der Waals surface area contributed by atoms with Crippen LogP contribution in [0.1, 0.15) is 26.2 Å².